The van der Waals surface area contributed by atoms with Crippen LogP contribution in [-0.2, 0) is 24.9 Å². The molecule has 0 bridgehead atoms. The van der Waals surface area contributed by atoms with Crippen molar-refractivity contribution in [2.24, 2.45) is 5.41 Å². The van der Waals surface area contributed by atoms with Gasteiger partial charge in [-0.1, -0.05) is 0 Å². The van der Waals surface area contributed by atoms with Gasteiger partial charge >= 0.3 is 161 Å². The average Bonchev–Trinajstić information content (AvgIpc) is 2.77. The second-order valence-corrected chi connectivity index (χ2v) is 24.0. The molecule has 0 heterocycles. The number of unbranched alkanes of at least 4 members (excludes halogenated alkanes) is 5. The minimum absolute atomic E-state index is 0.341. The molecule has 0 aromatic heterocycles. The van der Waals surface area contributed by atoms with Crippen molar-refractivity contribution in [3.05, 3.63) is 20.7 Å². The summed E-state index contributed by atoms with van der Waals surface area (Å²) in [6.45, 7) is 11.8. The first kappa shape index (κ1) is 25.3. The molecule has 1 atom stereocenters. The van der Waals surface area contributed by atoms with Crippen molar-refractivity contribution < 1.29 is 24.9 Å². The molecule has 1 rings (SSSR count). The quantitative estimate of drug-likeness (QED) is 0.173. The van der Waals surface area contributed by atoms with E-state index in [-0.39, 0.29) is 0 Å². The van der Waals surface area contributed by atoms with E-state index < -0.39 is 24.6 Å². The van der Waals surface area contributed by atoms with Crippen LogP contribution in [0.4, 0.5) is 0 Å². The maximum absolute atomic E-state index is 5.58. The summed E-state index contributed by atoms with van der Waals surface area (Å²) in [5.74, 6) is 0. The molecule has 0 amide bonds. The summed E-state index contributed by atoms with van der Waals surface area (Å²) in [7, 11) is 1.74. The number of rotatable bonds is 12. The van der Waals surface area contributed by atoms with Crippen LogP contribution in [0.15, 0.2) is 20.7 Å². The molecular formula is C23H46O2PtSi. The SMILES string of the molecule is CO[Si](C)(CCCCCCCCC1(C)C(C)=C(C)C(C)=[C]1[Pt]([CH3])([CH3])[CH3])OC. The molecule has 0 aromatic carbocycles. The van der Waals surface area contributed by atoms with Crippen molar-refractivity contribution in [3.8, 4) is 0 Å². The summed E-state index contributed by atoms with van der Waals surface area (Å²) in [4.78, 5) is 0. The standard InChI is InChI=1S/C20H37O2Si.3CH3.Pt/c1-17-16-20(4,19(3)18(17)2)14-12-10-8-9-11-13-15-23(7,21-5)22-6;;;;/h8-15H2,1-7H3;3*1H3;. The second kappa shape index (κ2) is 10.4. The molecule has 0 spiro atoms. The van der Waals surface area contributed by atoms with E-state index in [0.29, 0.717) is 5.41 Å². The molecule has 0 fully saturated rings. The molecule has 1 aliphatic rings. The first-order valence-electron chi connectivity index (χ1n) is 10.3. The van der Waals surface area contributed by atoms with Crippen LogP contribution in [0.3, 0.4) is 0 Å². The van der Waals surface area contributed by atoms with Gasteiger partial charge in [-0.15, -0.1) is 0 Å². The van der Waals surface area contributed by atoms with Crippen LogP contribution in [0, 0.1) is 5.41 Å². The van der Waals surface area contributed by atoms with Crippen molar-refractivity contribution in [1.29, 1.82) is 0 Å². The molecule has 1 aliphatic carbocycles. The molecule has 0 aromatic rings. The molecule has 0 radical (unpaired) electrons. The van der Waals surface area contributed by atoms with E-state index in [9.17, 15) is 0 Å². The van der Waals surface area contributed by atoms with Crippen molar-refractivity contribution >= 4 is 8.56 Å². The Morgan fingerprint density at radius 2 is 1.30 bits per heavy atom. The van der Waals surface area contributed by atoms with E-state index in [1.54, 1.807) is 30.9 Å². The molecule has 0 aliphatic heterocycles. The maximum atomic E-state index is 5.58. The Morgan fingerprint density at radius 1 is 0.815 bits per heavy atom. The fourth-order valence-corrected chi connectivity index (χ4v) is 13.4. The predicted molar refractivity (Wildman–Crippen MR) is 120 cm³/mol. The van der Waals surface area contributed by atoms with Gasteiger partial charge in [-0.25, -0.2) is 0 Å². The van der Waals surface area contributed by atoms with Crippen molar-refractivity contribution in [2.75, 3.05) is 14.2 Å². The third-order valence-corrected chi connectivity index (χ3v) is 15.1. The Morgan fingerprint density at radius 3 is 1.78 bits per heavy atom. The Kier molecular flexibility index (Phi) is 9.73. The van der Waals surface area contributed by atoms with Crippen LogP contribution in [0.1, 0.15) is 72.6 Å². The van der Waals surface area contributed by atoms with Gasteiger partial charge in [0.05, 0.1) is 0 Å². The van der Waals surface area contributed by atoms with Crippen LogP contribution in [0.5, 0.6) is 0 Å². The van der Waals surface area contributed by atoms with E-state index in [1.807, 2.05) is 3.96 Å². The van der Waals surface area contributed by atoms with Gasteiger partial charge in [0, 0.05) is 14.2 Å². The van der Waals surface area contributed by atoms with Gasteiger partial charge in [-0.3, -0.25) is 0 Å². The summed E-state index contributed by atoms with van der Waals surface area (Å²) in [6, 6.07) is 1.12. The van der Waals surface area contributed by atoms with E-state index in [0.717, 1.165) is 6.04 Å². The molecule has 0 saturated heterocycles. The normalized spacial score (nSPS) is 22.1. The van der Waals surface area contributed by atoms with Crippen LogP contribution >= 0.6 is 0 Å². The van der Waals surface area contributed by atoms with E-state index in [2.05, 4.69) is 50.2 Å². The van der Waals surface area contributed by atoms with E-state index in [1.165, 1.54) is 44.9 Å². The summed E-state index contributed by atoms with van der Waals surface area (Å²) in [6.07, 6.45) is 9.33. The topological polar surface area (TPSA) is 18.5 Å². The van der Waals surface area contributed by atoms with Gasteiger partial charge in [-0.2, -0.15) is 0 Å². The van der Waals surface area contributed by atoms with Gasteiger partial charge < -0.3 is 0 Å². The second-order valence-electron chi connectivity index (χ2n) is 9.08. The van der Waals surface area contributed by atoms with E-state index >= 15 is 0 Å². The minimum Gasteiger partial charge on any atom is 0.0249 e. The monoisotopic (exact) mass is 577 g/mol. The summed E-state index contributed by atoms with van der Waals surface area (Å²) < 4.78 is 13.0. The van der Waals surface area contributed by atoms with E-state index in [4.69, 9.17) is 8.85 Å². The van der Waals surface area contributed by atoms with Crippen molar-refractivity contribution in [2.45, 2.75) is 101 Å². The molecular weight excluding hydrogens is 531 g/mol. The van der Waals surface area contributed by atoms with Gasteiger partial charge in [0.15, 0.2) is 0 Å². The fraction of sp³-hybridized carbons (Fsp3) is 0.826. The molecule has 0 saturated carbocycles. The average molecular weight is 578 g/mol. The van der Waals surface area contributed by atoms with Crippen LogP contribution < -0.4 is 0 Å². The summed E-state index contributed by atoms with van der Waals surface area (Å²) >= 11 is -1.76. The predicted octanol–water partition coefficient (Wildman–Crippen LogP) is 8.01. The third kappa shape index (κ3) is 6.39. The molecule has 1 unspecified atom stereocenters. The Bertz CT molecular complexity index is 555. The number of hydrogen-bond acceptors (Lipinski definition) is 2. The Balaban J connectivity index is 2.43. The fourth-order valence-electron chi connectivity index (χ4n) is 4.50. The molecule has 0 N–H and O–H groups in total. The van der Waals surface area contributed by atoms with Crippen LogP contribution in [0.25, 0.3) is 0 Å². The zero-order chi connectivity index (χ0) is 20.9. The van der Waals surface area contributed by atoms with Gasteiger partial charge in [0.1, 0.15) is 0 Å². The van der Waals surface area contributed by atoms with Gasteiger partial charge in [0.2, 0.25) is 0 Å². The van der Waals surface area contributed by atoms with Gasteiger partial charge in [0.25, 0.3) is 0 Å². The molecule has 164 valence electrons. The number of hydrogen-bond donors (Lipinski definition) is 0. The summed E-state index contributed by atoms with van der Waals surface area (Å²) in [5.41, 5.74) is 5.20. The Labute approximate surface area is 174 Å². The van der Waals surface area contributed by atoms with Gasteiger partial charge in [-0.05, 0) is 0 Å². The first-order valence-corrected chi connectivity index (χ1v) is 20.8. The smallest absolute Gasteiger partial charge is 0.0249 e. The van der Waals surface area contributed by atoms with Crippen molar-refractivity contribution in [3.63, 3.8) is 0 Å². The van der Waals surface area contributed by atoms with Crippen LogP contribution in [0.2, 0.25) is 28.5 Å². The molecule has 4 heteroatoms. The molecule has 2 nitrogen and oxygen atoms in total. The minimum atomic E-state index is -1.85. The third-order valence-electron chi connectivity index (χ3n) is 6.60. The van der Waals surface area contributed by atoms with Crippen LogP contribution in [-0.4, -0.2) is 22.8 Å². The Hall–Kier alpha value is 0.305. The summed E-state index contributed by atoms with van der Waals surface area (Å²) in [5, 5.41) is 7.69. The first-order chi connectivity index (χ1) is 12.4. The molecule has 27 heavy (non-hydrogen) atoms. The zero-order valence-corrected chi connectivity index (χ0v) is 23.1. The zero-order valence-electron chi connectivity index (χ0n) is 19.8. The number of allylic oxidation sites excluding steroid dienone is 4. The van der Waals surface area contributed by atoms with Crippen molar-refractivity contribution in [1.82, 2.24) is 0 Å².